The first-order valence-electron chi connectivity index (χ1n) is 6.00. The molecule has 5 N–H and O–H groups in total. The summed E-state index contributed by atoms with van der Waals surface area (Å²) in [6.07, 6.45) is 0. The minimum Gasteiger partial charge on any atom is -0.370 e. The maximum Gasteiger partial charge on any atom is 0.221 e. The average molecular weight is 301 g/mol. The van der Waals surface area contributed by atoms with Crippen molar-refractivity contribution in [3.8, 4) is 0 Å². The molecule has 1 fully saturated rings. The monoisotopic (exact) mass is 300 g/mol. The molecule has 0 spiro atoms. The van der Waals surface area contributed by atoms with Crippen LogP contribution in [0.2, 0.25) is 0 Å². The Balaban J connectivity index is 0.00000200. The van der Waals surface area contributed by atoms with Gasteiger partial charge in [-0.15, -0.1) is 12.4 Å². The number of aliphatic imine (C=N–C) groups is 1. The Bertz CT molecular complexity index is 477. The molecular weight excluding hydrogens is 283 g/mol. The molecule has 1 aromatic rings. The first-order valence-corrected chi connectivity index (χ1v) is 6.00. The molecule has 0 radical (unpaired) electrons. The van der Waals surface area contributed by atoms with Gasteiger partial charge in [0.2, 0.25) is 5.96 Å². The van der Waals surface area contributed by atoms with Crippen molar-refractivity contribution in [1.82, 2.24) is 4.90 Å². The van der Waals surface area contributed by atoms with E-state index in [-0.39, 0.29) is 30.1 Å². The Hall–Kier alpha value is -2.02. The van der Waals surface area contributed by atoms with Crippen molar-refractivity contribution in [2.45, 2.75) is 0 Å². The van der Waals surface area contributed by atoms with E-state index in [1.807, 2.05) is 0 Å². The van der Waals surface area contributed by atoms with Gasteiger partial charge in [-0.05, 0) is 24.3 Å². The highest BCUT2D eigenvalue weighted by atomic mass is 35.5. The molecule has 0 aromatic heterocycles. The van der Waals surface area contributed by atoms with Crippen LogP contribution in [-0.4, -0.2) is 43.0 Å². The van der Waals surface area contributed by atoms with Gasteiger partial charge in [0, 0.05) is 31.9 Å². The molecule has 1 aliphatic heterocycles. The van der Waals surface area contributed by atoms with Gasteiger partial charge in [0.15, 0.2) is 5.96 Å². The molecule has 0 saturated carbocycles. The Kier molecular flexibility index (Phi) is 5.57. The van der Waals surface area contributed by atoms with E-state index in [4.69, 9.17) is 16.9 Å². The summed E-state index contributed by atoms with van der Waals surface area (Å²) in [6, 6.07) is 6.41. The highest BCUT2D eigenvalue weighted by Gasteiger charge is 2.19. The Morgan fingerprint density at radius 1 is 1.10 bits per heavy atom. The van der Waals surface area contributed by atoms with Crippen molar-refractivity contribution in [2.75, 3.05) is 31.1 Å². The molecule has 0 amide bonds. The van der Waals surface area contributed by atoms with Crippen molar-refractivity contribution < 1.29 is 4.39 Å². The van der Waals surface area contributed by atoms with Gasteiger partial charge in [-0.25, -0.2) is 4.39 Å². The first kappa shape index (κ1) is 16.0. The zero-order valence-electron chi connectivity index (χ0n) is 10.9. The molecule has 1 aliphatic rings. The number of piperazine rings is 1. The van der Waals surface area contributed by atoms with Crippen molar-refractivity contribution in [3.05, 3.63) is 30.1 Å². The van der Waals surface area contributed by atoms with E-state index in [2.05, 4.69) is 9.89 Å². The standard InChI is InChI=1S/C12H17FN6.ClH/c13-9-1-3-10(4-2-9)18-5-7-19(8-6-18)12(16)17-11(14)15;/h1-4H,5-8H2,(H5,14,15,16,17);1H. The average Bonchev–Trinajstić information content (AvgIpc) is 2.39. The molecule has 0 atom stereocenters. The minimum atomic E-state index is -0.239. The number of nitrogens with one attached hydrogen (secondary N) is 1. The van der Waals surface area contributed by atoms with Gasteiger partial charge in [-0.2, -0.15) is 4.99 Å². The molecule has 0 bridgehead atoms. The van der Waals surface area contributed by atoms with E-state index in [0.29, 0.717) is 13.1 Å². The summed E-state index contributed by atoms with van der Waals surface area (Å²) in [5, 5.41) is 7.72. The summed E-state index contributed by atoms with van der Waals surface area (Å²) >= 11 is 0. The van der Waals surface area contributed by atoms with E-state index in [1.54, 1.807) is 17.0 Å². The molecule has 20 heavy (non-hydrogen) atoms. The van der Waals surface area contributed by atoms with Gasteiger partial charge in [0.25, 0.3) is 0 Å². The van der Waals surface area contributed by atoms with Gasteiger partial charge in [0.05, 0.1) is 0 Å². The Morgan fingerprint density at radius 2 is 1.65 bits per heavy atom. The SMILES string of the molecule is Cl.N=C(N=C(N)N)N1CCN(c2ccc(F)cc2)CC1. The molecule has 6 nitrogen and oxygen atoms in total. The summed E-state index contributed by atoms with van der Waals surface area (Å²) in [5.74, 6) is -0.262. The van der Waals surface area contributed by atoms with Gasteiger partial charge >= 0.3 is 0 Å². The normalized spacial score (nSPS) is 14.4. The highest BCUT2D eigenvalue weighted by molar-refractivity contribution is 5.91. The van der Waals surface area contributed by atoms with E-state index < -0.39 is 0 Å². The number of hydrogen-bond donors (Lipinski definition) is 3. The number of anilines is 1. The van der Waals surface area contributed by atoms with Crippen LogP contribution >= 0.6 is 12.4 Å². The predicted octanol–water partition coefficient (Wildman–Crippen LogP) is 0.578. The number of guanidine groups is 2. The second-order valence-electron chi connectivity index (χ2n) is 4.31. The number of nitrogens with two attached hydrogens (primary N) is 2. The third-order valence-corrected chi connectivity index (χ3v) is 3.01. The minimum absolute atomic E-state index is 0. The lowest BCUT2D eigenvalue weighted by molar-refractivity contribution is 0.380. The van der Waals surface area contributed by atoms with Crippen molar-refractivity contribution in [1.29, 1.82) is 5.41 Å². The van der Waals surface area contributed by atoms with Crippen LogP contribution in [0.25, 0.3) is 0 Å². The zero-order chi connectivity index (χ0) is 13.8. The Morgan fingerprint density at radius 3 is 2.15 bits per heavy atom. The van der Waals surface area contributed by atoms with Gasteiger partial charge in [-0.3, -0.25) is 5.41 Å². The lowest BCUT2D eigenvalue weighted by Gasteiger charge is -2.36. The van der Waals surface area contributed by atoms with Gasteiger partial charge in [-0.1, -0.05) is 0 Å². The van der Waals surface area contributed by atoms with E-state index in [1.165, 1.54) is 12.1 Å². The Labute approximate surface area is 123 Å². The van der Waals surface area contributed by atoms with Crippen LogP contribution < -0.4 is 16.4 Å². The fourth-order valence-corrected chi connectivity index (χ4v) is 2.02. The lowest BCUT2D eigenvalue weighted by atomic mass is 10.2. The van der Waals surface area contributed by atoms with E-state index in [0.717, 1.165) is 18.8 Å². The van der Waals surface area contributed by atoms with Gasteiger partial charge < -0.3 is 21.3 Å². The lowest BCUT2D eigenvalue weighted by Crippen LogP contribution is -2.48. The molecule has 1 saturated heterocycles. The number of nitrogens with zero attached hydrogens (tertiary/aromatic N) is 3. The van der Waals surface area contributed by atoms with Crippen molar-refractivity contribution in [2.24, 2.45) is 16.5 Å². The van der Waals surface area contributed by atoms with Crippen LogP contribution in [0.1, 0.15) is 0 Å². The zero-order valence-corrected chi connectivity index (χ0v) is 11.7. The summed E-state index contributed by atoms with van der Waals surface area (Å²) in [7, 11) is 0. The quantitative estimate of drug-likeness (QED) is 0.522. The fraction of sp³-hybridized carbons (Fsp3) is 0.333. The fourth-order valence-electron chi connectivity index (χ4n) is 2.02. The molecule has 0 aliphatic carbocycles. The number of rotatable bonds is 1. The number of halogens is 2. The van der Waals surface area contributed by atoms with E-state index in [9.17, 15) is 4.39 Å². The third-order valence-electron chi connectivity index (χ3n) is 3.01. The molecule has 1 heterocycles. The number of hydrogen-bond acceptors (Lipinski definition) is 2. The van der Waals surface area contributed by atoms with Crippen LogP contribution in [0.4, 0.5) is 10.1 Å². The second-order valence-corrected chi connectivity index (χ2v) is 4.31. The highest BCUT2D eigenvalue weighted by Crippen LogP contribution is 2.16. The second kappa shape index (κ2) is 6.95. The summed E-state index contributed by atoms with van der Waals surface area (Å²) < 4.78 is 12.8. The van der Waals surface area contributed by atoms with Gasteiger partial charge in [0.1, 0.15) is 5.82 Å². The van der Waals surface area contributed by atoms with Crippen LogP contribution in [0.3, 0.4) is 0 Å². The molecule has 8 heteroatoms. The topological polar surface area (TPSA) is 94.7 Å². The van der Waals surface area contributed by atoms with Crippen LogP contribution in [0.15, 0.2) is 29.3 Å². The summed E-state index contributed by atoms with van der Waals surface area (Å²) in [5.41, 5.74) is 11.5. The first-order chi connectivity index (χ1) is 9.06. The molecule has 1 aromatic carbocycles. The van der Waals surface area contributed by atoms with Crippen LogP contribution in [-0.2, 0) is 0 Å². The molecular formula is C12H18ClFN6. The molecule has 0 unspecified atom stereocenters. The van der Waals surface area contributed by atoms with Crippen LogP contribution in [0.5, 0.6) is 0 Å². The van der Waals surface area contributed by atoms with E-state index >= 15 is 0 Å². The summed E-state index contributed by atoms with van der Waals surface area (Å²) in [6.45, 7) is 2.81. The molecule has 110 valence electrons. The predicted molar refractivity (Wildman–Crippen MR) is 81.0 cm³/mol. The smallest absolute Gasteiger partial charge is 0.221 e. The molecule has 2 rings (SSSR count). The van der Waals surface area contributed by atoms with Crippen molar-refractivity contribution >= 4 is 30.0 Å². The van der Waals surface area contributed by atoms with Crippen LogP contribution in [0, 0.1) is 11.2 Å². The maximum atomic E-state index is 12.8. The largest absolute Gasteiger partial charge is 0.370 e. The maximum absolute atomic E-state index is 12.8. The third kappa shape index (κ3) is 3.99. The summed E-state index contributed by atoms with van der Waals surface area (Å²) in [4.78, 5) is 7.67. The van der Waals surface area contributed by atoms with Crippen molar-refractivity contribution in [3.63, 3.8) is 0 Å². The number of benzene rings is 1.